The lowest BCUT2D eigenvalue weighted by molar-refractivity contribution is 0.193. The monoisotopic (exact) mass is 382 g/mol. The summed E-state index contributed by atoms with van der Waals surface area (Å²) >= 11 is 5.99. The molecular weight excluding hydrogens is 364 g/mol. The first kappa shape index (κ1) is 17.5. The van der Waals surface area contributed by atoms with Crippen LogP contribution in [0.25, 0.3) is 11.4 Å². The van der Waals surface area contributed by atoms with E-state index < -0.39 is 0 Å². The van der Waals surface area contributed by atoms with Gasteiger partial charge in [-0.2, -0.15) is 4.98 Å². The number of rotatable bonds is 3. The maximum Gasteiger partial charge on any atom is 0.322 e. The molecule has 27 heavy (non-hydrogen) atoms. The molecule has 1 saturated heterocycles. The highest BCUT2D eigenvalue weighted by Gasteiger charge is 2.34. The van der Waals surface area contributed by atoms with Gasteiger partial charge in [0.1, 0.15) is 6.04 Å². The Bertz CT molecular complexity index is 972. The number of likely N-dealkylation sites (tertiary alicyclic amines) is 1. The molecule has 138 valence electrons. The Kier molecular flexibility index (Phi) is 4.81. The van der Waals surface area contributed by atoms with E-state index in [-0.39, 0.29) is 12.1 Å². The lowest BCUT2D eigenvalue weighted by atomic mass is 10.1. The maximum absolute atomic E-state index is 12.7. The largest absolute Gasteiger partial charge is 0.337 e. The maximum atomic E-state index is 12.7. The van der Waals surface area contributed by atoms with Crippen LogP contribution in [0.2, 0.25) is 5.02 Å². The number of amides is 2. The Balaban J connectivity index is 1.53. The number of carbonyl (C=O) groups is 1. The van der Waals surface area contributed by atoms with Crippen LogP contribution in [0.15, 0.2) is 53.1 Å². The smallest absolute Gasteiger partial charge is 0.322 e. The van der Waals surface area contributed by atoms with Gasteiger partial charge >= 0.3 is 6.03 Å². The Morgan fingerprint density at radius 1 is 1.26 bits per heavy atom. The summed E-state index contributed by atoms with van der Waals surface area (Å²) in [6, 6.07) is 14.5. The average molecular weight is 383 g/mol. The second kappa shape index (κ2) is 7.40. The zero-order chi connectivity index (χ0) is 18.8. The minimum atomic E-state index is -0.227. The Hall–Kier alpha value is -2.86. The number of halogens is 1. The third-order valence-corrected chi connectivity index (χ3v) is 4.94. The van der Waals surface area contributed by atoms with Gasteiger partial charge in [-0.15, -0.1) is 0 Å². The van der Waals surface area contributed by atoms with Crippen LogP contribution in [-0.2, 0) is 0 Å². The number of nitrogens with zero attached hydrogens (tertiary/aromatic N) is 3. The summed E-state index contributed by atoms with van der Waals surface area (Å²) in [4.78, 5) is 19.0. The lowest BCUT2D eigenvalue weighted by Crippen LogP contribution is -2.34. The fraction of sp³-hybridized carbons (Fsp3) is 0.250. The normalized spacial score (nSPS) is 16.5. The zero-order valence-electron chi connectivity index (χ0n) is 14.9. The summed E-state index contributed by atoms with van der Waals surface area (Å²) in [7, 11) is 0. The van der Waals surface area contributed by atoms with Crippen molar-refractivity contribution in [1.82, 2.24) is 15.0 Å². The van der Waals surface area contributed by atoms with Gasteiger partial charge in [0.15, 0.2) is 0 Å². The number of aryl methyl sites for hydroxylation is 1. The predicted octanol–water partition coefficient (Wildman–Crippen LogP) is 5.07. The van der Waals surface area contributed by atoms with Gasteiger partial charge < -0.3 is 14.7 Å². The van der Waals surface area contributed by atoms with Crippen LogP contribution >= 0.6 is 11.6 Å². The molecule has 0 bridgehead atoms. The second-order valence-corrected chi connectivity index (χ2v) is 7.00. The Labute approximate surface area is 162 Å². The van der Waals surface area contributed by atoms with Gasteiger partial charge in [-0.1, -0.05) is 47.1 Å². The molecule has 7 heteroatoms. The highest BCUT2D eigenvalue weighted by Crippen LogP contribution is 2.33. The number of carbonyl (C=O) groups excluding carboxylic acids is 1. The highest BCUT2D eigenvalue weighted by molar-refractivity contribution is 6.30. The number of aromatic nitrogens is 2. The van der Waals surface area contributed by atoms with Crippen LogP contribution in [-0.4, -0.2) is 27.6 Å². The van der Waals surface area contributed by atoms with Crippen LogP contribution in [0.5, 0.6) is 0 Å². The van der Waals surface area contributed by atoms with Crippen LogP contribution in [0.4, 0.5) is 10.5 Å². The van der Waals surface area contributed by atoms with Crippen molar-refractivity contribution in [3.8, 4) is 11.4 Å². The molecular formula is C20H19ClN4O2. The van der Waals surface area contributed by atoms with E-state index in [9.17, 15) is 4.79 Å². The second-order valence-electron chi connectivity index (χ2n) is 6.56. The zero-order valence-corrected chi connectivity index (χ0v) is 15.6. The van der Waals surface area contributed by atoms with Crippen molar-refractivity contribution >= 4 is 23.3 Å². The van der Waals surface area contributed by atoms with Gasteiger partial charge in [-0.3, -0.25) is 0 Å². The molecule has 1 aromatic heterocycles. The molecule has 2 aromatic carbocycles. The van der Waals surface area contributed by atoms with Crippen LogP contribution in [0.1, 0.15) is 30.3 Å². The standard InChI is InChI=1S/C20H19ClN4O2/c1-13-6-2-3-9-16(13)18-23-19(27-24-18)17-10-5-11-25(17)20(26)22-15-8-4-7-14(21)12-15/h2-4,6-9,12,17H,5,10-11H2,1H3,(H,22,26)/t17-/m1/s1. The number of urea groups is 1. The van der Waals surface area contributed by atoms with Crippen molar-refractivity contribution in [1.29, 1.82) is 0 Å². The molecule has 2 heterocycles. The third kappa shape index (κ3) is 3.66. The highest BCUT2D eigenvalue weighted by atomic mass is 35.5. The van der Waals surface area contributed by atoms with E-state index in [0.717, 1.165) is 24.0 Å². The molecule has 0 spiro atoms. The summed E-state index contributed by atoms with van der Waals surface area (Å²) in [5, 5.41) is 7.58. The Morgan fingerprint density at radius 3 is 2.93 bits per heavy atom. The first-order valence-corrected chi connectivity index (χ1v) is 9.22. The van der Waals surface area contributed by atoms with Crippen molar-refractivity contribution in [3.05, 3.63) is 65.0 Å². The molecule has 1 aliphatic heterocycles. The molecule has 1 fully saturated rings. The van der Waals surface area contributed by atoms with Crippen LogP contribution in [0, 0.1) is 6.92 Å². The topological polar surface area (TPSA) is 71.3 Å². The van der Waals surface area contributed by atoms with Crippen molar-refractivity contribution in [2.75, 3.05) is 11.9 Å². The number of benzene rings is 2. The first-order chi connectivity index (χ1) is 13.1. The SMILES string of the molecule is Cc1ccccc1-c1noc([C@H]2CCCN2C(=O)Nc2cccc(Cl)c2)n1. The third-order valence-electron chi connectivity index (χ3n) is 4.70. The predicted molar refractivity (Wildman–Crippen MR) is 104 cm³/mol. The molecule has 0 aliphatic carbocycles. The minimum absolute atomic E-state index is 0.199. The van der Waals surface area contributed by atoms with Gasteiger partial charge in [0, 0.05) is 22.8 Å². The van der Waals surface area contributed by atoms with Crippen molar-refractivity contribution < 1.29 is 9.32 Å². The van der Waals surface area contributed by atoms with Crippen molar-refractivity contribution in [2.45, 2.75) is 25.8 Å². The number of anilines is 1. The summed E-state index contributed by atoms with van der Waals surface area (Å²) in [6.07, 6.45) is 1.67. The van der Waals surface area contributed by atoms with Gasteiger partial charge in [0.05, 0.1) is 0 Å². The van der Waals surface area contributed by atoms with E-state index in [2.05, 4.69) is 15.5 Å². The molecule has 4 rings (SSSR count). The molecule has 2 amide bonds. The van der Waals surface area contributed by atoms with E-state index in [0.29, 0.717) is 29.0 Å². The van der Waals surface area contributed by atoms with Gasteiger partial charge in [0.25, 0.3) is 0 Å². The van der Waals surface area contributed by atoms with Crippen molar-refractivity contribution in [2.24, 2.45) is 0 Å². The molecule has 1 atom stereocenters. The van der Waals surface area contributed by atoms with Crippen molar-refractivity contribution in [3.63, 3.8) is 0 Å². The molecule has 1 aliphatic rings. The summed E-state index contributed by atoms with van der Waals surface area (Å²) in [5.41, 5.74) is 2.66. The number of hydrogen-bond donors (Lipinski definition) is 1. The Morgan fingerprint density at radius 2 is 2.11 bits per heavy atom. The first-order valence-electron chi connectivity index (χ1n) is 8.84. The van der Waals surface area contributed by atoms with E-state index in [4.69, 9.17) is 16.1 Å². The van der Waals surface area contributed by atoms with E-state index in [1.54, 1.807) is 29.2 Å². The van der Waals surface area contributed by atoms with Gasteiger partial charge in [-0.05, 0) is 43.5 Å². The molecule has 0 unspecified atom stereocenters. The molecule has 0 radical (unpaired) electrons. The molecule has 6 nitrogen and oxygen atoms in total. The number of hydrogen-bond acceptors (Lipinski definition) is 4. The fourth-order valence-corrected chi connectivity index (χ4v) is 3.52. The van der Waals surface area contributed by atoms with Crippen LogP contribution < -0.4 is 5.32 Å². The molecule has 0 saturated carbocycles. The quantitative estimate of drug-likeness (QED) is 0.686. The average Bonchev–Trinajstić information content (AvgIpc) is 3.31. The van der Waals surface area contributed by atoms with Gasteiger partial charge in [0.2, 0.25) is 11.7 Å². The van der Waals surface area contributed by atoms with E-state index >= 15 is 0 Å². The summed E-state index contributed by atoms with van der Waals surface area (Å²) < 4.78 is 5.50. The minimum Gasteiger partial charge on any atom is -0.337 e. The van der Waals surface area contributed by atoms with E-state index in [1.807, 2.05) is 31.2 Å². The van der Waals surface area contributed by atoms with Gasteiger partial charge in [-0.25, -0.2) is 4.79 Å². The summed E-state index contributed by atoms with van der Waals surface area (Å²) in [6.45, 7) is 2.64. The molecule has 1 N–H and O–H groups in total. The fourth-order valence-electron chi connectivity index (χ4n) is 3.33. The number of nitrogens with one attached hydrogen (secondary N) is 1. The molecule has 3 aromatic rings. The van der Waals surface area contributed by atoms with E-state index in [1.165, 1.54) is 0 Å². The lowest BCUT2D eigenvalue weighted by Gasteiger charge is -2.22. The van der Waals surface area contributed by atoms with Crippen LogP contribution in [0.3, 0.4) is 0 Å². The summed E-state index contributed by atoms with van der Waals surface area (Å²) in [5.74, 6) is 1.01.